The number of nitrogens with zero attached hydrogens (tertiary/aromatic N) is 2. The van der Waals surface area contributed by atoms with Gasteiger partial charge in [-0.25, -0.2) is 9.97 Å². The molecule has 12 rings (SSSR count). The van der Waals surface area contributed by atoms with Gasteiger partial charge in [-0.2, -0.15) is 0 Å². The normalized spacial score (nSPS) is 19.0. The van der Waals surface area contributed by atoms with Crippen LogP contribution in [0.4, 0.5) is 0 Å². The van der Waals surface area contributed by atoms with E-state index in [9.17, 15) is 0 Å². The van der Waals surface area contributed by atoms with E-state index in [1.165, 1.54) is 66.8 Å². The second-order valence-corrected chi connectivity index (χ2v) is 29.5. The summed E-state index contributed by atoms with van der Waals surface area (Å²) in [7, 11) is 0. The molecule has 1 aliphatic carbocycles. The molecular weight excluding hydrogens is 935 g/mol. The summed E-state index contributed by atoms with van der Waals surface area (Å²) < 4.78 is 0. The van der Waals surface area contributed by atoms with Crippen molar-refractivity contribution in [2.24, 2.45) is 5.92 Å². The van der Waals surface area contributed by atoms with E-state index in [-0.39, 0.29) is 56.4 Å². The standard InChI is InChI=1S/C72H81N5/c1-67(2,3)42-29-39(30-43(35-42)68(4,5)6)58-51-23-24-52(73-51)59(40-31-44(69(7,8)9)36-45(32-40)70(10,11)12)54-27-28-56(75-54)62-63-61(64-48-21-19-20-22-49(48)65(63)77-64)50-38-57(76-66(50)62)60(55-26-25-53(58)74-55)41-33-46(71(13,14)15)37-47(34-41)72(16,17)18/h19-38,61,63-65,74-75,77H,1-18H3/t61?,63?,64-,65+/m0/s1. The molecule has 5 aliphatic rings. The van der Waals surface area contributed by atoms with Crippen LogP contribution in [0.25, 0.3) is 79.2 Å². The Morgan fingerprint density at radius 1 is 0.364 bits per heavy atom. The van der Waals surface area contributed by atoms with E-state index in [4.69, 9.17) is 9.97 Å². The topological polar surface area (TPSA) is 69.4 Å². The lowest BCUT2D eigenvalue weighted by molar-refractivity contribution is 0.532. The predicted molar refractivity (Wildman–Crippen MR) is 328 cm³/mol. The third-order valence-corrected chi connectivity index (χ3v) is 17.6. The first kappa shape index (κ1) is 51.2. The summed E-state index contributed by atoms with van der Waals surface area (Å²) in [4.78, 5) is 20.2. The molecule has 2 unspecified atom stereocenters. The first-order chi connectivity index (χ1) is 35.9. The summed E-state index contributed by atoms with van der Waals surface area (Å²) in [6, 6.07) is 40.7. The van der Waals surface area contributed by atoms with Crippen molar-refractivity contribution in [3.63, 3.8) is 0 Å². The molecule has 394 valence electrons. The van der Waals surface area contributed by atoms with Gasteiger partial charge in [0.15, 0.2) is 0 Å². The maximum absolute atomic E-state index is 5.99. The maximum Gasteiger partial charge on any atom is 0.0740 e. The molecule has 3 aromatic heterocycles. The van der Waals surface area contributed by atoms with Crippen molar-refractivity contribution < 1.29 is 0 Å². The lowest BCUT2D eigenvalue weighted by Crippen LogP contribution is -2.16. The molecule has 0 saturated carbocycles. The van der Waals surface area contributed by atoms with E-state index in [0.717, 1.165) is 67.1 Å². The van der Waals surface area contributed by atoms with Crippen LogP contribution in [0.5, 0.6) is 0 Å². The molecule has 7 aromatic rings. The molecule has 4 aliphatic heterocycles. The maximum atomic E-state index is 5.99. The number of aromatic amines is 2. The van der Waals surface area contributed by atoms with Crippen LogP contribution in [0.3, 0.4) is 0 Å². The number of aromatic nitrogens is 4. The van der Waals surface area contributed by atoms with Gasteiger partial charge in [-0.05, 0) is 142 Å². The van der Waals surface area contributed by atoms with Gasteiger partial charge in [-0.15, -0.1) is 0 Å². The molecule has 5 nitrogen and oxygen atoms in total. The number of H-pyrrole nitrogens is 2. The number of rotatable bonds is 3. The fourth-order valence-corrected chi connectivity index (χ4v) is 12.9. The summed E-state index contributed by atoms with van der Waals surface area (Å²) in [6.07, 6.45) is 7.02. The second kappa shape index (κ2) is 17.0. The summed E-state index contributed by atoms with van der Waals surface area (Å²) in [5.41, 5.74) is 27.9. The molecule has 7 heterocycles. The van der Waals surface area contributed by atoms with E-state index < -0.39 is 0 Å². The highest BCUT2D eigenvalue weighted by Crippen LogP contribution is 2.66. The SMILES string of the molecule is CC(C)(C)c1cc(-c2c3nc(c(-c4cc(C(C)(C)C)cc(C(C)(C)C)c4)c4ccc([nH]4)c4c5nc(c(-c6cc(C(C)(C)C)cc(C(C)(C)C)c6)c6ccc2[nH]6)C=C5C2C4[C@@H]4N[C@H]2c2ccccc24)C=C3)cc(C(C)(C)C)c1. The van der Waals surface area contributed by atoms with Gasteiger partial charge in [0.25, 0.3) is 0 Å². The molecule has 0 amide bonds. The van der Waals surface area contributed by atoms with Gasteiger partial charge in [0, 0.05) is 68.2 Å². The fourth-order valence-electron chi connectivity index (χ4n) is 12.9. The van der Waals surface area contributed by atoms with Gasteiger partial charge >= 0.3 is 0 Å². The zero-order valence-corrected chi connectivity index (χ0v) is 49.3. The van der Waals surface area contributed by atoms with Gasteiger partial charge in [-0.1, -0.05) is 203 Å². The fraction of sp³-hybridized carbons (Fsp3) is 0.389. The zero-order valence-electron chi connectivity index (χ0n) is 49.3. The highest BCUT2D eigenvalue weighted by Gasteiger charge is 2.58. The van der Waals surface area contributed by atoms with Crippen molar-refractivity contribution in [1.29, 1.82) is 0 Å². The molecule has 3 N–H and O–H groups in total. The molecule has 4 atom stereocenters. The van der Waals surface area contributed by atoms with E-state index in [0.29, 0.717) is 0 Å². The third-order valence-electron chi connectivity index (χ3n) is 17.6. The van der Waals surface area contributed by atoms with Gasteiger partial charge in [0.2, 0.25) is 0 Å². The molecule has 5 heteroatoms. The lowest BCUT2D eigenvalue weighted by Gasteiger charge is -2.27. The summed E-state index contributed by atoms with van der Waals surface area (Å²) >= 11 is 0. The highest BCUT2D eigenvalue weighted by atomic mass is 15.1. The van der Waals surface area contributed by atoms with E-state index in [1.54, 1.807) is 0 Å². The molecule has 0 spiro atoms. The van der Waals surface area contributed by atoms with Crippen LogP contribution in [0.2, 0.25) is 0 Å². The Balaban J connectivity index is 1.27. The third kappa shape index (κ3) is 8.62. The van der Waals surface area contributed by atoms with Crippen LogP contribution >= 0.6 is 0 Å². The number of nitrogens with one attached hydrogen (secondary N) is 3. The van der Waals surface area contributed by atoms with E-state index in [1.807, 2.05) is 0 Å². The van der Waals surface area contributed by atoms with Gasteiger partial charge in [-0.3, -0.25) is 0 Å². The van der Waals surface area contributed by atoms with Crippen LogP contribution in [0, 0.1) is 5.92 Å². The van der Waals surface area contributed by atoms with Crippen molar-refractivity contribution >= 4 is 45.9 Å². The number of hydrogen-bond donors (Lipinski definition) is 3. The minimum atomic E-state index is -0.0889. The second-order valence-electron chi connectivity index (χ2n) is 29.5. The molecular formula is C72H81N5. The first-order valence-corrected chi connectivity index (χ1v) is 28.5. The lowest BCUT2D eigenvalue weighted by atomic mass is 9.75. The van der Waals surface area contributed by atoms with Gasteiger partial charge in [0.1, 0.15) is 0 Å². The van der Waals surface area contributed by atoms with E-state index >= 15 is 0 Å². The van der Waals surface area contributed by atoms with E-state index in [2.05, 4.69) is 261 Å². The zero-order chi connectivity index (χ0) is 54.8. The Labute approximate surface area is 459 Å². The molecule has 77 heavy (non-hydrogen) atoms. The van der Waals surface area contributed by atoms with Crippen molar-refractivity contribution in [3.8, 4) is 33.4 Å². The quantitative estimate of drug-likeness (QED) is 0.165. The average Bonchev–Trinajstić information content (AvgIpc) is 4.42. The first-order valence-electron chi connectivity index (χ1n) is 28.5. The Kier molecular flexibility index (Phi) is 11.3. The van der Waals surface area contributed by atoms with Crippen LogP contribution < -0.4 is 5.32 Å². The largest absolute Gasteiger partial charge is 0.355 e. The van der Waals surface area contributed by atoms with Gasteiger partial charge in [0.05, 0.1) is 22.8 Å². The summed E-state index contributed by atoms with van der Waals surface area (Å²) in [6.45, 7) is 42.0. The molecule has 10 bridgehead atoms. The summed E-state index contributed by atoms with van der Waals surface area (Å²) in [5.74, 6) is 0.442. The molecule has 4 aromatic carbocycles. The van der Waals surface area contributed by atoms with Crippen LogP contribution in [-0.2, 0) is 32.5 Å². The Morgan fingerprint density at radius 2 is 0.701 bits per heavy atom. The monoisotopic (exact) mass is 1020 g/mol. The van der Waals surface area contributed by atoms with Crippen LogP contribution in [-0.4, -0.2) is 19.9 Å². The predicted octanol–water partition coefficient (Wildman–Crippen LogP) is 18.9. The number of hydrogen-bond acceptors (Lipinski definition) is 3. The molecule has 0 radical (unpaired) electrons. The average molecular weight is 1020 g/mol. The van der Waals surface area contributed by atoms with Crippen molar-refractivity contribution in [2.45, 2.75) is 175 Å². The Morgan fingerprint density at radius 3 is 1.08 bits per heavy atom. The summed E-state index contributed by atoms with van der Waals surface area (Å²) in [5, 5.41) is 4.17. The Bertz CT molecular complexity index is 3760. The Hall–Kier alpha value is -6.56. The number of benzene rings is 4. The minimum absolute atomic E-state index is 0.0783. The smallest absolute Gasteiger partial charge is 0.0740 e. The molecule has 1 saturated heterocycles. The highest BCUT2D eigenvalue weighted by molar-refractivity contribution is 6.01. The van der Waals surface area contributed by atoms with Crippen molar-refractivity contribution in [2.75, 3.05) is 0 Å². The van der Waals surface area contributed by atoms with Gasteiger partial charge < -0.3 is 15.3 Å². The minimum Gasteiger partial charge on any atom is -0.355 e. The molecule has 1 fully saturated rings. The van der Waals surface area contributed by atoms with Crippen LogP contribution in [0.15, 0.2) is 103 Å². The van der Waals surface area contributed by atoms with Crippen LogP contribution in [0.1, 0.15) is 215 Å². The van der Waals surface area contributed by atoms with Crippen molar-refractivity contribution in [1.82, 2.24) is 25.3 Å². The van der Waals surface area contributed by atoms with Crippen molar-refractivity contribution in [3.05, 3.63) is 176 Å². The number of fused-ring (bicyclic) bond motifs is 18.